The van der Waals surface area contributed by atoms with E-state index in [1.165, 1.54) is 19.3 Å². The summed E-state index contributed by atoms with van der Waals surface area (Å²) in [6, 6.07) is 4.01. The van der Waals surface area contributed by atoms with Crippen LogP contribution in [0, 0.1) is 12.8 Å². The molecule has 3 rings (SSSR count). The lowest BCUT2D eigenvalue weighted by molar-refractivity contribution is 0.0912. The molecule has 1 unspecified atom stereocenters. The van der Waals surface area contributed by atoms with Crippen LogP contribution in [-0.4, -0.2) is 21.1 Å². The van der Waals surface area contributed by atoms with Gasteiger partial charge in [-0.05, 0) is 37.3 Å². The summed E-state index contributed by atoms with van der Waals surface area (Å²) in [5.41, 5.74) is 2.50. The molecule has 0 saturated heterocycles. The van der Waals surface area contributed by atoms with Gasteiger partial charge in [0.1, 0.15) is 0 Å². The van der Waals surface area contributed by atoms with E-state index in [0.29, 0.717) is 11.5 Å². The van der Waals surface area contributed by atoms with Crippen molar-refractivity contribution < 1.29 is 4.79 Å². The summed E-state index contributed by atoms with van der Waals surface area (Å²) in [7, 11) is 0. The SMILES string of the molecule is Cc1[nH]ncc1C(=O)NC(c1cccnc1)C1CCCCC1. The Kier molecular flexibility index (Phi) is 4.51. The van der Waals surface area contributed by atoms with Crippen molar-refractivity contribution >= 4 is 5.91 Å². The van der Waals surface area contributed by atoms with Gasteiger partial charge in [-0.25, -0.2) is 0 Å². The number of carbonyl (C=O) groups excluding carboxylic acids is 1. The molecule has 1 aliphatic rings. The third-order valence-electron chi connectivity index (χ3n) is 4.53. The second-order valence-corrected chi connectivity index (χ2v) is 6.04. The van der Waals surface area contributed by atoms with Crippen LogP contribution in [-0.2, 0) is 0 Å². The number of nitrogens with zero attached hydrogens (tertiary/aromatic N) is 2. The number of hydrogen-bond donors (Lipinski definition) is 2. The van der Waals surface area contributed by atoms with E-state index >= 15 is 0 Å². The van der Waals surface area contributed by atoms with Crippen LogP contribution in [0.1, 0.15) is 59.8 Å². The Morgan fingerprint density at radius 2 is 2.14 bits per heavy atom. The maximum Gasteiger partial charge on any atom is 0.255 e. The maximum absolute atomic E-state index is 12.6. The van der Waals surface area contributed by atoms with Gasteiger partial charge in [-0.1, -0.05) is 25.3 Å². The second kappa shape index (κ2) is 6.73. The quantitative estimate of drug-likeness (QED) is 0.910. The number of aromatic nitrogens is 3. The summed E-state index contributed by atoms with van der Waals surface area (Å²) in [6.07, 6.45) is 11.3. The Hall–Kier alpha value is -2.17. The van der Waals surface area contributed by atoms with Crippen molar-refractivity contribution in [1.82, 2.24) is 20.5 Å². The lowest BCUT2D eigenvalue weighted by Crippen LogP contribution is -2.34. The first-order chi connectivity index (χ1) is 10.8. The average Bonchev–Trinajstić information content (AvgIpc) is 3.00. The molecule has 1 saturated carbocycles. The number of aryl methyl sites for hydroxylation is 1. The van der Waals surface area contributed by atoms with Gasteiger partial charge in [0.15, 0.2) is 0 Å². The van der Waals surface area contributed by atoms with Crippen LogP contribution in [0.5, 0.6) is 0 Å². The molecule has 0 spiro atoms. The predicted octanol–water partition coefficient (Wildman–Crippen LogP) is 3.16. The van der Waals surface area contributed by atoms with E-state index in [1.807, 2.05) is 19.2 Å². The first kappa shape index (κ1) is 14.8. The van der Waals surface area contributed by atoms with Crippen molar-refractivity contribution in [2.45, 2.75) is 45.1 Å². The normalized spacial score (nSPS) is 17.1. The van der Waals surface area contributed by atoms with Gasteiger partial charge in [0.05, 0.1) is 17.8 Å². The third-order valence-corrected chi connectivity index (χ3v) is 4.53. The monoisotopic (exact) mass is 298 g/mol. The van der Waals surface area contributed by atoms with E-state index in [1.54, 1.807) is 12.4 Å². The van der Waals surface area contributed by atoms with Crippen molar-refractivity contribution in [2.75, 3.05) is 0 Å². The van der Waals surface area contributed by atoms with Gasteiger partial charge in [-0.15, -0.1) is 0 Å². The minimum Gasteiger partial charge on any atom is -0.345 e. The second-order valence-electron chi connectivity index (χ2n) is 6.04. The zero-order valence-electron chi connectivity index (χ0n) is 12.9. The fourth-order valence-electron chi connectivity index (χ4n) is 3.30. The largest absolute Gasteiger partial charge is 0.345 e. The first-order valence-electron chi connectivity index (χ1n) is 7.96. The highest BCUT2D eigenvalue weighted by Gasteiger charge is 2.27. The lowest BCUT2D eigenvalue weighted by Gasteiger charge is -2.31. The molecule has 1 aliphatic carbocycles. The summed E-state index contributed by atoms with van der Waals surface area (Å²) in [5.74, 6) is 0.416. The van der Waals surface area contributed by atoms with E-state index in [0.717, 1.165) is 24.1 Å². The highest BCUT2D eigenvalue weighted by atomic mass is 16.1. The molecular weight excluding hydrogens is 276 g/mol. The fraction of sp³-hybridized carbons (Fsp3) is 0.471. The summed E-state index contributed by atoms with van der Waals surface area (Å²) in [5, 5.41) is 9.96. The highest BCUT2D eigenvalue weighted by Crippen LogP contribution is 2.34. The summed E-state index contributed by atoms with van der Waals surface area (Å²) in [4.78, 5) is 16.8. The molecule has 0 radical (unpaired) electrons. The smallest absolute Gasteiger partial charge is 0.255 e. The molecule has 1 fully saturated rings. The van der Waals surface area contributed by atoms with E-state index in [-0.39, 0.29) is 11.9 Å². The van der Waals surface area contributed by atoms with Gasteiger partial charge < -0.3 is 5.32 Å². The van der Waals surface area contributed by atoms with Crippen LogP contribution in [0.4, 0.5) is 0 Å². The number of hydrogen-bond acceptors (Lipinski definition) is 3. The molecule has 0 aromatic carbocycles. The van der Waals surface area contributed by atoms with Crippen molar-refractivity contribution in [2.24, 2.45) is 5.92 Å². The molecule has 5 heteroatoms. The predicted molar refractivity (Wildman–Crippen MR) is 84.3 cm³/mol. The molecule has 2 aromatic rings. The zero-order chi connectivity index (χ0) is 15.4. The van der Waals surface area contributed by atoms with E-state index in [9.17, 15) is 4.79 Å². The van der Waals surface area contributed by atoms with Gasteiger partial charge in [-0.2, -0.15) is 5.10 Å². The van der Waals surface area contributed by atoms with Gasteiger partial charge in [0, 0.05) is 18.1 Å². The minimum absolute atomic E-state index is 0.0239. The van der Waals surface area contributed by atoms with Crippen LogP contribution < -0.4 is 5.32 Å². The minimum atomic E-state index is -0.0642. The van der Waals surface area contributed by atoms with Crippen LogP contribution in [0.3, 0.4) is 0 Å². The first-order valence-corrected chi connectivity index (χ1v) is 7.96. The molecule has 5 nitrogen and oxygen atoms in total. The average molecular weight is 298 g/mol. The molecule has 2 N–H and O–H groups in total. The van der Waals surface area contributed by atoms with Gasteiger partial charge in [0.25, 0.3) is 5.91 Å². The highest BCUT2D eigenvalue weighted by molar-refractivity contribution is 5.95. The van der Waals surface area contributed by atoms with Gasteiger partial charge in [-0.3, -0.25) is 14.9 Å². The van der Waals surface area contributed by atoms with Gasteiger partial charge >= 0.3 is 0 Å². The number of pyridine rings is 1. The molecule has 1 atom stereocenters. The van der Waals surface area contributed by atoms with Crippen LogP contribution >= 0.6 is 0 Å². The Labute approximate surface area is 130 Å². The van der Waals surface area contributed by atoms with E-state index in [4.69, 9.17) is 0 Å². The number of aromatic amines is 1. The molecule has 2 heterocycles. The Balaban J connectivity index is 1.82. The van der Waals surface area contributed by atoms with E-state index < -0.39 is 0 Å². The fourth-order valence-corrected chi connectivity index (χ4v) is 3.30. The van der Waals surface area contributed by atoms with Crippen molar-refractivity contribution in [3.05, 3.63) is 47.5 Å². The molecule has 0 bridgehead atoms. The zero-order valence-corrected chi connectivity index (χ0v) is 12.9. The topological polar surface area (TPSA) is 70.7 Å². The maximum atomic E-state index is 12.6. The Morgan fingerprint density at radius 3 is 2.77 bits per heavy atom. The molecular formula is C17H22N4O. The van der Waals surface area contributed by atoms with Crippen LogP contribution in [0.15, 0.2) is 30.7 Å². The van der Waals surface area contributed by atoms with Crippen molar-refractivity contribution in [1.29, 1.82) is 0 Å². The molecule has 22 heavy (non-hydrogen) atoms. The summed E-state index contributed by atoms with van der Waals surface area (Å²) < 4.78 is 0. The summed E-state index contributed by atoms with van der Waals surface area (Å²) in [6.45, 7) is 1.86. The van der Waals surface area contributed by atoms with Crippen LogP contribution in [0.25, 0.3) is 0 Å². The van der Waals surface area contributed by atoms with Crippen LogP contribution in [0.2, 0.25) is 0 Å². The number of rotatable bonds is 4. The molecule has 116 valence electrons. The van der Waals surface area contributed by atoms with Crippen molar-refractivity contribution in [3.8, 4) is 0 Å². The number of nitrogens with one attached hydrogen (secondary N) is 2. The molecule has 2 aromatic heterocycles. The Morgan fingerprint density at radius 1 is 1.32 bits per heavy atom. The third kappa shape index (κ3) is 3.18. The Bertz CT molecular complexity index is 617. The number of H-pyrrole nitrogens is 1. The summed E-state index contributed by atoms with van der Waals surface area (Å²) >= 11 is 0. The van der Waals surface area contributed by atoms with Crippen molar-refractivity contribution in [3.63, 3.8) is 0 Å². The van der Waals surface area contributed by atoms with E-state index in [2.05, 4.69) is 26.6 Å². The molecule has 0 aliphatic heterocycles. The standard InChI is InChI=1S/C17H22N4O/c1-12-15(11-19-21-12)17(22)20-16(13-6-3-2-4-7-13)14-8-5-9-18-10-14/h5,8-11,13,16H,2-4,6-7H2,1H3,(H,19,21)(H,20,22). The van der Waals surface area contributed by atoms with Gasteiger partial charge in [0.2, 0.25) is 0 Å². The number of amides is 1. The molecule has 1 amide bonds. The number of carbonyl (C=O) groups is 1. The lowest BCUT2D eigenvalue weighted by atomic mass is 9.81.